The first-order valence-electron chi connectivity index (χ1n) is 11.8. The molecule has 5 nitrogen and oxygen atoms in total. The van der Waals surface area contributed by atoms with E-state index in [1.165, 1.54) is 18.3 Å². The lowest BCUT2D eigenvalue weighted by Crippen LogP contribution is -2.11. The number of nitrogens with one attached hydrogen (secondary N) is 1. The Morgan fingerprint density at radius 3 is 2.47 bits per heavy atom. The average Bonchev–Trinajstić information content (AvgIpc) is 3.67. The second-order valence-electron chi connectivity index (χ2n) is 9.75. The Morgan fingerprint density at radius 1 is 1.08 bits per heavy atom. The molecule has 0 bridgehead atoms. The van der Waals surface area contributed by atoms with Gasteiger partial charge in [-0.3, -0.25) is 4.98 Å². The first-order chi connectivity index (χ1) is 17.0. The van der Waals surface area contributed by atoms with Crippen LogP contribution in [-0.4, -0.2) is 28.3 Å². The summed E-state index contributed by atoms with van der Waals surface area (Å²) in [7, 11) is -2.55. The van der Waals surface area contributed by atoms with Gasteiger partial charge < -0.3 is 9.88 Å². The molecule has 0 unspecified atom stereocenters. The molecule has 0 spiro atoms. The van der Waals surface area contributed by atoms with Crippen LogP contribution in [-0.2, 0) is 4.57 Å². The summed E-state index contributed by atoms with van der Waals surface area (Å²) in [6.07, 6.45) is 3.70. The fourth-order valence-electron chi connectivity index (χ4n) is 4.30. The highest BCUT2D eigenvalue weighted by molar-refractivity contribution is 7.69. The Kier molecular flexibility index (Phi) is 6.34. The van der Waals surface area contributed by atoms with Crippen LogP contribution in [0.15, 0.2) is 42.6 Å². The number of rotatable bonds is 6. The number of fused-ring (bicyclic) bond motifs is 1. The summed E-state index contributed by atoms with van der Waals surface area (Å²) in [4.78, 5) is 13.3. The third kappa shape index (κ3) is 4.74. The van der Waals surface area contributed by atoms with Crippen LogP contribution in [0.2, 0.25) is 5.02 Å². The van der Waals surface area contributed by atoms with Gasteiger partial charge in [-0.2, -0.15) is 0 Å². The lowest BCUT2D eigenvalue weighted by Gasteiger charge is -2.20. The minimum absolute atomic E-state index is 0.0722. The van der Waals surface area contributed by atoms with Crippen molar-refractivity contribution in [3.05, 3.63) is 76.1 Å². The van der Waals surface area contributed by atoms with Gasteiger partial charge in [0.1, 0.15) is 24.2 Å². The highest BCUT2D eigenvalue weighted by Crippen LogP contribution is 2.42. The number of aromatic nitrogens is 3. The Balaban J connectivity index is 1.59. The maximum Gasteiger partial charge on any atom is 0.151 e. The number of nitrogens with zero attached hydrogens (tertiary/aromatic N) is 3. The summed E-state index contributed by atoms with van der Waals surface area (Å²) in [6.45, 7) is 6.84. The van der Waals surface area contributed by atoms with Crippen molar-refractivity contribution < 1.29 is 13.3 Å². The lowest BCUT2D eigenvalue weighted by molar-refractivity contribution is 0.587. The normalized spacial score (nSPS) is 14.8. The first kappa shape index (κ1) is 24.8. The summed E-state index contributed by atoms with van der Waals surface area (Å²) >= 11 is 6.65. The van der Waals surface area contributed by atoms with E-state index in [-0.39, 0.29) is 11.5 Å². The molecule has 36 heavy (non-hydrogen) atoms. The molecule has 1 aromatic carbocycles. The molecule has 0 aliphatic heterocycles. The molecular formula is C27H26ClF2N4OP. The number of anilines is 1. The molecule has 5 rings (SSSR count). The molecule has 186 valence electrons. The number of aryl methyl sites for hydroxylation is 1. The highest BCUT2D eigenvalue weighted by atomic mass is 35.5. The Hall–Kier alpha value is -2.89. The van der Waals surface area contributed by atoms with Crippen molar-refractivity contribution in [3.63, 3.8) is 0 Å². The Morgan fingerprint density at radius 2 is 1.83 bits per heavy atom. The van der Waals surface area contributed by atoms with Gasteiger partial charge in [0.25, 0.3) is 0 Å². The Labute approximate surface area is 213 Å². The van der Waals surface area contributed by atoms with Crippen LogP contribution in [0.4, 0.5) is 14.5 Å². The van der Waals surface area contributed by atoms with E-state index >= 15 is 4.39 Å². The molecule has 0 saturated heterocycles. The van der Waals surface area contributed by atoms with Crippen LogP contribution in [0.25, 0.3) is 22.3 Å². The van der Waals surface area contributed by atoms with E-state index < -0.39 is 19.0 Å². The maximum absolute atomic E-state index is 15.1. The molecule has 1 atom stereocenters. The molecule has 1 aliphatic carbocycles. The number of pyridine rings is 3. The van der Waals surface area contributed by atoms with Gasteiger partial charge in [0, 0.05) is 23.4 Å². The fraction of sp³-hybridized carbons (Fsp3) is 0.296. The van der Waals surface area contributed by atoms with Gasteiger partial charge in [-0.25, -0.2) is 18.7 Å². The van der Waals surface area contributed by atoms with E-state index in [0.717, 1.165) is 18.4 Å². The quantitative estimate of drug-likeness (QED) is 0.268. The zero-order valence-corrected chi connectivity index (χ0v) is 22.1. The summed E-state index contributed by atoms with van der Waals surface area (Å²) in [6, 6.07) is 9.41. The molecular weight excluding hydrogens is 501 g/mol. The third-order valence-corrected chi connectivity index (χ3v) is 8.32. The first-order valence-corrected chi connectivity index (χ1v) is 14.7. The van der Waals surface area contributed by atoms with E-state index in [4.69, 9.17) is 11.6 Å². The molecule has 1 aliphatic rings. The monoisotopic (exact) mass is 526 g/mol. The predicted octanol–water partition coefficient (Wildman–Crippen LogP) is 7.23. The summed E-state index contributed by atoms with van der Waals surface area (Å²) in [5.74, 6) is -0.379. The number of benzene rings is 1. The SMILES string of the molecule is Cc1nc2cc(F)c(-c3ccc(P(C)(C)=O)nc3)nc2c(N[C@H](C)c2cc(C3CC3)ccc2F)c1Cl. The summed E-state index contributed by atoms with van der Waals surface area (Å²) < 4.78 is 42.2. The minimum Gasteiger partial charge on any atom is -0.375 e. The second-order valence-corrected chi connectivity index (χ2v) is 13.3. The summed E-state index contributed by atoms with van der Waals surface area (Å²) in [5, 5.41) is 3.65. The van der Waals surface area contributed by atoms with Crippen molar-refractivity contribution in [2.45, 2.75) is 38.6 Å². The molecule has 3 heterocycles. The molecule has 0 radical (unpaired) electrons. The van der Waals surface area contributed by atoms with Crippen LogP contribution < -0.4 is 10.8 Å². The van der Waals surface area contributed by atoms with E-state index in [2.05, 4.69) is 20.3 Å². The molecule has 1 N–H and O–H groups in total. The molecule has 9 heteroatoms. The largest absolute Gasteiger partial charge is 0.375 e. The zero-order valence-electron chi connectivity index (χ0n) is 20.4. The maximum atomic E-state index is 15.1. The van der Waals surface area contributed by atoms with Gasteiger partial charge in [-0.1, -0.05) is 23.7 Å². The smallest absolute Gasteiger partial charge is 0.151 e. The molecule has 1 fully saturated rings. The standard InChI is InChI=1S/C27H26ClF2N4OP/c1-14(19-11-17(16-5-6-16)7-9-20(19)29)33-27-24(28)15(2)32-22-12-21(30)25(34-26(22)27)18-8-10-23(31-13-18)36(3,4)35/h7-14,16H,5-6H2,1-4H3,(H,32,33)/t14-/m1/s1. The van der Waals surface area contributed by atoms with Gasteiger partial charge in [-0.05, 0) is 69.7 Å². The van der Waals surface area contributed by atoms with Crippen LogP contribution in [0.3, 0.4) is 0 Å². The van der Waals surface area contributed by atoms with Crippen molar-refractivity contribution in [1.82, 2.24) is 15.0 Å². The van der Waals surface area contributed by atoms with Crippen LogP contribution >= 0.6 is 18.7 Å². The van der Waals surface area contributed by atoms with Gasteiger partial charge in [-0.15, -0.1) is 0 Å². The van der Waals surface area contributed by atoms with E-state index in [0.29, 0.717) is 49.9 Å². The molecule has 4 aromatic rings. The zero-order chi connectivity index (χ0) is 25.8. The number of hydrogen-bond acceptors (Lipinski definition) is 5. The molecule has 0 amide bonds. The molecule has 1 saturated carbocycles. The number of halogens is 3. The topological polar surface area (TPSA) is 67.8 Å². The van der Waals surface area contributed by atoms with Gasteiger partial charge in [0.15, 0.2) is 5.82 Å². The molecule has 3 aromatic heterocycles. The predicted molar refractivity (Wildman–Crippen MR) is 142 cm³/mol. The van der Waals surface area contributed by atoms with Crippen molar-refractivity contribution in [2.75, 3.05) is 18.6 Å². The van der Waals surface area contributed by atoms with Gasteiger partial charge in [0.05, 0.1) is 33.4 Å². The third-order valence-electron chi connectivity index (χ3n) is 6.49. The van der Waals surface area contributed by atoms with Crippen LogP contribution in [0.5, 0.6) is 0 Å². The fourth-order valence-corrected chi connectivity index (χ4v) is 5.26. The van der Waals surface area contributed by atoms with Crippen molar-refractivity contribution in [2.24, 2.45) is 0 Å². The van der Waals surface area contributed by atoms with Crippen LogP contribution in [0.1, 0.15) is 48.5 Å². The van der Waals surface area contributed by atoms with Crippen LogP contribution in [0, 0.1) is 18.6 Å². The van der Waals surface area contributed by atoms with E-state index in [1.807, 2.05) is 19.1 Å². The van der Waals surface area contributed by atoms with E-state index in [1.54, 1.807) is 32.4 Å². The van der Waals surface area contributed by atoms with Crippen molar-refractivity contribution in [3.8, 4) is 11.3 Å². The minimum atomic E-state index is -2.55. The summed E-state index contributed by atoms with van der Waals surface area (Å²) in [5.41, 5.74) is 4.29. The van der Waals surface area contributed by atoms with Crippen molar-refractivity contribution in [1.29, 1.82) is 0 Å². The highest BCUT2D eigenvalue weighted by Gasteiger charge is 2.26. The van der Waals surface area contributed by atoms with E-state index in [9.17, 15) is 8.96 Å². The second kappa shape index (κ2) is 9.20. The van der Waals surface area contributed by atoms with Gasteiger partial charge in [0.2, 0.25) is 0 Å². The van der Waals surface area contributed by atoms with Crippen molar-refractivity contribution >= 4 is 40.9 Å². The lowest BCUT2D eigenvalue weighted by atomic mass is 10.0. The van der Waals surface area contributed by atoms with Gasteiger partial charge >= 0.3 is 0 Å². The average molecular weight is 527 g/mol. The number of hydrogen-bond donors (Lipinski definition) is 1. The Bertz CT molecular complexity index is 1530.